The van der Waals surface area contributed by atoms with Gasteiger partial charge in [0.15, 0.2) is 0 Å². The maximum Gasteiger partial charge on any atom is 0.407 e. The van der Waals surface area contributed by atoms with Gasteiger partial charge in [0.25, 0.3) is 0 Å². The van der Waals surface area contributed by atoms with Crippen molar-refractivity contribution >= 4 is 29.5 Å². The van der Waals surface area contributed by atoms with E-state index in [0.29, 0.717) is 71.2 Å². The van der Waals surface area contributed by atoms with Gasteiger partial charge in [0.2, 0.25) is 5.91 Å². The summed E-state index contributed by atoms with van der Waals surface area (Å²) in [6.07, 6.45) is 4.26. The molecule has 2 amide bonds. The first kappa shape index (κ1) is 31.6. The number of nitrogens with one attached hydrogen (secondary N) is 2. The fourth-order valence-electron chi connectivity index (χ4n) is 3.37. The van der Waals surface area contributed by atoms with Crippen molar-refractivity contribution in [2.24, 2.45) is 0 Å². The number of alkyl carbamates (subject to hydrolysis) is 1. The molecule has 11 heteroatoms. The van der Waals surface area contributed by atoms with Gasteiger partial charge in [0.1, 0.15) is 11.9 Å². The number of Topliss-reactive ketones (excluding diaryl/α,β-unsaturated/α-hetero) is 1. The molecule has 0 aromatic carbocycles. The highest BCUT2D eigenvalue weighted by Gasteiger charge is 2.23. The summed E-state index contributed by atoms with van der Waals surface area (Å²) in [5.74, 6) is 1.00. The lowest BCUT2D eigenvalue weighted by Crippen LogP contribution is -2.33. The Labute approximate surface area is 213 Å². The van der Waals surface area contributed by atoms with Crippen LogP contribution in [-0.4, -0.2) is 101 Å². The molecule has 1 fully saturated rings. The summed E-state index contributed by atoms with van der Waals surface area (Å²) >= 11 is 2.00. The molecule has 204 valence electrons. The molecule has 35 heavy (non-hydrogen) atoms. The second-order valence-corrected chi connectivity index (χ2v) is 9.76. The second-order valence-electron chi connectivity index (χ2n) is 8.19. The largest absolute Gasteiger partial charge is 0.446 e. The number of ether oxygens (including phenoxy) is 5. The number of carbonyl (C=O) groups is 3. The van der Waals surface area contributed by atoms with Crippen molar-refractivity contribution in [3.05, 3.63) is 0 Å². The third-order valence-electron chi connectivity index (χ3n) is 5.20. The molecule has 0 aromatic heterocycles. The molecular formula is C24H44N2O8S. The standard InChI is InChI=1S/C24H44N2O8S/c1-3-35-22-7-5-21(6-8-22)34-24(29)26-11-13-31-15-17-33-19-18-32-16-14-30-12-10-25-23(28)9-4-20(2)27/h21-22H,3-19H2,1-2H3,(H,25,28)(H,26,29). The molecule has 0 aliphatic heterocycles. The van der Waals surface area contributed by atoms with Crippen molar-refractivity contribution in [1.29, 1.82) is 0 Å². The molecule has 0 bridgehead atoms. The minimum Gasteiger partial charge on any atom is -0.446 e. The number of rotatable bonds is 21. The summed E-state index contributed by atoms with van der Waals surface area (Å²) < 4.78 is 27.1. The fourth-order valence-corrected chi connectivity index (χ4v) is 4.45. The number of hydrogen-bond acceptors (Lipinski definition) is 9. The van der Waals surface area contributed by atoms with Gasteiger partial charge in [-0.3, -0.25) is 4.79 Å². The van der Waals surface area contributed by atoms with E-state index in [2.05, 4.69) is 17.6 Å². The minimum absolute atomic E-state index is 0.00522. The summed E-state index contributed by atoms with van der Waals surface area (Å²) in [5.41, 5.74) is 0. The lowest BCUT2D eigenvalue weighted by atomic mass is 9.97. The summed E-state index contributed by atoms with van der Waals surface area (Å²) in [5, 5.41) is 6.13. The molecule has 0 spiro atoms. The van der Waals surface area contributed by atoms with Crippen molar-refractivity contribution in [2.45, 2.75) is 63.7 Å². The average molecular weight is 521 g/mol. The highest BCUT2D eigenvalue weighted by Crippen LogP contribution is 2.29. The Hall–Kier alpha value is -1.40. The molecule has 2 N–H and O–H groups in total. The van der Waals surface area contributed by atoms with E-state index < -0.39 is 0 Å². The van der Waals surface area contributed by atoms with E-state index in [1.54, 1.807) is 0 Å². The highest BCUT2D eigenvalue weighted by molar-refractivity contribution is 7.99. The average Bonchev–Trinajstić information content (AvgIpc) is 2.83. The molecule has 10 nitrogen and oxygen atoms in total. The Balaban J connectivity index is 1.77. The van der Waals surface area contributed by atoms with Crippen LogP contribution in [0, 0.1) is 0 Å². The van der Waals surface area contributed by atoms with Crippen LogP contribution in [-0.2, 0) is 33.3 Å². The van der Waals surface area contributed by atoms with Crippen molar-refractivity contribution in [3.63, 3.8) is 0 Å². The number of thioether (sulfide) groups is 1. The zero-order valence-corrected chi connectivity index (χ0v) is 22.2. The van der Waals surface area contributed by atoms with E-state index >= 15 is 0 Å². The Kier molecular flexibility index (Phi) is 19.7. The van der Waals surface area contributed by atoms with Gasteiger partial charge < -0.3 is 39.1 Å². The number of carbonyl (C=O) groups excluding carboxylic acids is 3. The zero-order chi connectivity index (χ0) is 25.6. The normalized spacial score (nSPS) is 17.7. The third-order valence-corrected chi connectivity index (χ3v) is 6.48. The molecule has 0 heterocycles. The summed E-state index contributed by atoms with van der Waals surface area (Å²) in [6.45, 7) is 7.95. The summed E-state index contributed by atoms with van der Waals surface area (Å²) in [4.78, 5) is 34.1. The molecule has 1 saturated carbocycles. The molecule has 0 atom stereocenters. The second kappa shape index (κ2) is 21.8. The van der Waals surface area contributed by atoms with Crippen LogP contribution in [0.25, 0.3) is 0 Å². The van der Waals surface area contributed by atoms with Crippen LogP contribution in [0.1, 0.15) is 52.4 Å². The quantitative estimate of drug-likeness (QED) is 0.220. The van der Waals surface area contributed by atoms with Gasteiger partial charge in [-0.05, 0) is 38.4 Å². The first-order valence-electron chi connectivity index (χ1n) is 12.6. The SMILES string of the molecule is CCSC1CCC(OC(=O)NCCOCCOCCOCCOCCNC(=O)CCC(C)=O)CC1. The Morgan fingerprint density at radius 2 is 1.26 bits per heavy atom. The molecule has 1 aliphatic rings. The maximum absolute atomic E-state index is 11.9. The Bertz CT molecular complexity index is 574. The fraction of sp³-hybridized carbons (Fsp3) is 0.875. The van der Waals surface area contributed by atoms with Crippen LogP contribution in [0.15, 0.2) is 0 Å². The van der Waals surface area contributed by atoms with Gasteiger partial charge in [-0.2, -0.15) is 11.8 Å². The topological polar surface area (TPSA) is 121 Å². The predicted molar refractivity (Wildman–Crippen MR) is 135 cm³/mol. The van der Waals surface area contributed by atoms with Gasteiger partial charge in [-0.15, -0.1) is 0 Å². The minimum atomic E-state index is -0.369. The number of hydrogen-bond donors (Lipinski definition) is 2. The highest BCUT2D eigenvalue weighted by atomic mass is 32.2. The van der Waals surface area contributed by atoms with Gasteiger partial charge in [-0.1, -0.05) is 6.92 Å². The first-order valence-corrected chi connectivity index (χ1v) is 13.7. The molecule has 1 aliphatic carbocycles. The lowest BCUT2D eigenvalue weighted by molar-refractivity contribution is -0.124. The molecule has 0 saturated heterocycles. The molecular weight excluding hydrogens is 476 g/mol. The third kappa shape index (κ3) is 19.5. The number of amides is 2. The van der Waals surface area contributed by atoms with Crippen LogP contribution >= 0.6 is 11.8 Å². The zero-order valence-electron chi connectivity index (χ0n) is 21.3. The molecule has 1 rings (SSSR count). The first-order chi connectivity index (χ1) is 17.0. The van der Waals surface area contributed by atoms with E-state index in [0.717, 1.165) is 31.4 Å². The Morgan fingerprint density at radius 3 is 1.77 bits per heavy atom. The van der Waals surface area contributed by atoms with E-state index in [9.17, 15) is 14.4 Å². The molecule has 0 aromatic rings. The van der Waals surface area contributed by atoms with Gasteiger partial charge in [0, 0.05) is 31.2 Å². The smallest absolute Gasteiger partial charge is 0.407 e. The van der Waals surface area contributed by atoms with Crippen LogP contribution in [0.4, 0.5) is 4.79 Å². The predicted octanol–water partition coefficient (Wildman–Crippen LogP) is 2.33. The summed E-state index contributed by atoms with van der Waals surface area (Å²) in [7, 11) is 0. The molecule has 0 radical (unpaired) electrons. The van der Waals surface area contributed by atoms with Crippen molar-refractivity contribution in [3.8, 4) is 0 Å². The van der Waals surface area contributed by atoms with Gasteiger partial charge in [0.05, 0.1) is 52.9 Å². The van der Waals surface area contributed by atoms with Crippen LogP contribution in [0.2, 0.25) is 0 Å². The lowest BCUT2D eigenvalue weighted by Gasteiger charge is -2.27. The Morgan fingerprint density at radius 1 is 0.743 bits per heavy atom. The van der Waals surface area contributed by atoms with Gasteiger partial charge >= 0.3 is 6.09 Å². The van der Waals surface area contributed by atoms with Crippen molar-refractivity contribution < 1.29 is 38.1 Å². The van der Waals surface area contributed by atoms with Crippen LogP contribution < -0.4 is 10.6 Å². The maximum atomic E-state index is 11.9. The monoisotopic (exact) mass is 520 g/mol. The van der Waals surface area contributed by atoms with Crippen molar-refractivity contribution in [1.82, 2.24) is 10.6 Å². The van der Waals surface area contributed by atoms with Crippen LogP contribution in [0.3, 0.4) is 0 Å². The van der Waals surface area contributed by atoms with E-state index in [-0.39, 0.29) is 36.7 Å². The van der Waals surface area contributed by atoms with Crippen LogP contribution in [0.5, 0.6) is 0 Å². The van der Waals surface area contributed by atoms with Gasteiger partial charge in [-0.25, -0.2) is 4.79 Å². The van der Waals surface area contributed by atoms with E-state index in [1.807, 2.05) is 11.8 Å². The van der Waals surface area contributed by atoms with E-state index in [1.165, 1.54) is 6.92 Å². The molecule has 0 unspecified atom stereocenters. The number of ketones is 1. The summed E-state index contributed by atoms with van der Waals surface area (Å²) in [6, 6.07) is 0. The van der Waals surface area contributed by atoms with E-state index in [4.69, 9.17) is 23.7 Å². The van der Waals surface area contributed by atoms with Crippen molar-refractivity contribution in [2.75, 3.05) is 71.7 Å².